The SMILES string of the molecule is CC(C)C1(C(C)C)CC(CC(N)=O)C1. The summed E-state index contributed by atoms with van der Waals surface area (Å²) in [4.78, 5) is 10.8. The van der Waals surface area contributed by atoms with Crippen LogP contribution in [0, 0.1) is 23.2 Å². The fourth-order valence-electron chi connectivity index (χ4n) is 3.05. The van der Waals surface area contributed by atoms with Gasteiger partial charge in [-0.25, -0.2) is 0 Å². The molecule has 1 rings (SSSR count). The summed E-state index contributed by atoms with van der Waals surface area (Å²) in [5, 5.41) is 0. The van der Waals surface area contributed by atoms with Crippen LogP contribution in [0.1, 0.15) is 47.0 Å². The molecular formula is C12H23NO. The molecule has 0 spiro atoms. The van der Waals surface area contributed by atoms with E-state index in [-0.39, 0.29) is 5.91 Å². The summed E-state index contributed by atoms with van der Waals surface area (Å²) in [6.07, 6.45) is 2.96. The maximum atomic E-state index is 10.8. The lowest BCUT2D eigenvalue weighted by Crippen LogP contribution is -2.46. The van der Waals surface area contributed by atoms with Crippen molar-refractivity contribution >= 4 is 5.91 Å². The van der Waals surface area contributed by atoms with Gasteiger partial charge in [0.15, 0.2) is 0 Å². The third-order valence-electron chi connectivity index (χ3n) is 4.13. The van der Waals surface area contributed by atoms with Gasteiger partial charge in [0, 0.05) is 6.42 Å². The van der Waals surface area contributed by atoms with Crippen molar-refractivity contribution in [3.05, 3.63) is 0 Å². The number of carbonyl (C=O) groups excluding carboxylic acids is 1. The van der Waals surface area contributed by atoms with Gasteiger partial charge in [0.2, 0.25) is 5.91 Å². The van der Waals surface area contributed by atoms with Crippen LogP contribution in [0.2, 0.25) is 0 Å². The van der Waals surface area contributed by atoms with E-state index in [2.05, 4.69) is 27.7 Å². The van der Waals surface area contributed by atoms with E-state index in [0.717, 1.165) is 0 Å². The van der Waals surface area contributed by atoms with E-state index in [0.29, 0.717) is 29.6 Å². The quantitative estimate of drug-likeness (QED) is 0.739. The Hall–Kier alpha value is -0.530. The highest BCUT2D eigenvalue weighted by atomic mass is 16.1. The zero-order valence-electron chi connectivity index (χ0n) is 9.84. The maximum absolute atomic E-state index is 10.8. The van der Waals surface area contributed by atoms with Crippen molar-refractivity contribution < 1.29 is 4.79 Å². The van der Waals surface area contributed by atoms with Crippen LogP contribution < -0.4 is 5.73 Å². The summed E-state index contributed by atoms with van der Waals surface area (Å²) in [7, 11) is 0. The highest BCUT2D eigenvalue weighted by Crippen LogP contribution is 2.56. The molecule has 1 aliphatic carbocycles. The molecule has 1 aliphatic rings. The summed E-state index contributed by atoms with van der Waals surface area (Å²) in [6.45, 7) is 9.17. The number of primary amides is 1. The molecule has 0 radical (unpaired) electrons. The molecule has 0 saturated heterocycles. The number of carbonyl (C=O) groups is 1. The number of amides is 1. The molecule has 0 atom stereocenters. The second-order valence-corrected chi connectivity index (χ2v) is 5.49. The third-order valence-corrected chi connectivity index (χ3v) is 4.13. The van der Waals surface area contributed by atoms with Gasteiger partial charge in [0.25, 0.3) is 0 Å². The van der Waals surface area contributed by atoms with Crippen molar-refractivity contribution in [2.75, 3.05) is 0 Å². The Balaban J connectivity index is 2.52. The zero-order valence-corrected chi connectivity index (χ0v) is 9.84. The molecule has 0 unspecified atom stereocenters. The normalized spacial score (nSPS) is 21.3. The number of rotatable bonds is 4. The van der Waals surface area contributed by atoms with E-state index in [4.69, 9.17) is 5.73 Å². The topological polar surface area (TPSA) is 43.1 Å². The molecule has 0 bridgehead atoms. The van der Waals surface area contributed by atoms with Crippen LogP contribution in [0.25, 0.3) is 0 Å². The smallest absolute Gasteiger partial charge is 0.217 e. The highest BCUT2D eigenvalue weighted by Gasteiger charge is 2.48. The molecule has 0 aromatic heterocycles. The highest BCUT2D eigenvalue weighted by molar-refractivity contribution is 5.74. The van der Waals surface area contributed by atoms with Gasteiger partial charge >= 0.3 is 0 Å². The molecule has 2 nitrogen and oxygen atoms in total. The van der Waals surface area contributed by atoms with Crippen molar-refractivity contribution in [2.45, 2.75) is 47.0 Å². The van der Waals surface area contributed by atoms with E-state index < -0.39 is 0 Å². The van der Waals surface area contributed by atoms with E-state index >= 15 is 0 Å². The van der Waals surface area contributed by atoms with Crippen LogP contribution in [-0.2, 0) is 4.79 Å². The van der Waals surface area contributed by atoms with Gasteiger partial charge in [0.05, 0.1) is 0 Å². The maximum Gasteiger partial charge on any atom is 0.217 e. The summed E-state index contributed by atoms with van der Waals surface area (Å²) < 4.78 is 0. The molecular weight excluding hydrogens is 174 g/mol. The fourth-order valence-corrected chi connectivity index (χ4v) is 3.05. The van der Waals surface area contributed by atoms with Gasteiger partial charge in [-0.15, -0.1) is 0 Å². The summed E-state index contributed by atoms with van der Waals surface area (Å²) in [5.41, 5.74) is 5.68. The van der Waals surface area contributed by atoms with Crippen molar-refractivity contribution in [3.63, 3.8) is 0 Å². The molecule has 2 N–H and O–H groups in total. The van der Waals surface area contributed by atoms with Gasteiger partial charge in [-0.2, -0.15) is 0 Å². The number of nitrogens with two attached hydrogens (primary N) is 1. The number of hydrogen-bond donors (Lipinski definition) is 1. The standard InChI is InChI=1S/C12H23NO/c1-8(2)12(9(3)4)6-10(7-12)5-11(13)14/h8-10H,5-7H2,1-4H3,(H2,13,14). The molecule has 1 saturated carbocycles. The second kappa shape index (κ2) is 3.92. The Bertz CT molecular complexity index is 204. The van der Waals surface area contributed by atoms with Crippen molar-refractivity contribution in [1.29, 1.82) is 0 Å². The lowest BCUT2D eigenvalue weighted by molar-refractivity contribution is -0.122. The fraction of sp³-hybridized carbons (Fsp3) is 0.917. The van der Waals surface area contributed by atoms with Crippen LogP contribution >= 0.6 is 0 Å². The molecule has 0 heterocycles. The number of hydrogen-bond acceptors (Lipinski definition) is 1. The Morgan fingerprint density at radius 1 is 1.29 bits per heavy atom. The Morgan fingerprint density at radius 3 is 2.00 bits per heavy atom. The van der Waals surface area contributed by atoms with Crippen LogP contribution in [0.4, 0.5) is 0 Å². The Morgan fingerprint density at radius 2 is 1.71 bits per heavy atom. The molecule has 82 valence electrons. The minimum atomic E-state index is -0.142. The van der Waals surface area contributed by atoms with Gasteiger partial charge in [-0.3, -0.25) is 4.79 Å². The van der Waals surface area contributed by atoms with Crippen molar-refractivity contribution in [1.82, 2.24) is 0 Å². The van der Waals surface area contributed by atoms with Gasteiger partial charge in [0.1, 0.15) is 0 Å². The van der Waals surface area contributed by atoms with Crippen LogP contribution in [0.5, 0.6) is 0 Å². The lowest BCUT2D eigenvalue weighted by atomic mass is 9.51. The average molecular weight is 197 g/mol. The first kappa shape index (κ1) is 11.5. The zero-order chi connectivity index (χ0) is 10.9. The first-order chi connectivity index (χ1) is 6.38. The summed E-state index contributed by atoms with van der Waals surface area (Å²) in [6, 6.07) is 0. The van der Waals surface area contributed by atoms with Crippen LogP contribution in [0.3, 0.4) is 0 Å². The monoisotopic (exact) mass is 197 g/mol. The molecule has 1 amide bonds. The molecule has 0 aromatic rings. The lowest BCUT2D eigenvalue weighted by Gasteiger charge is -2.54. The average Bonchev–Trinajstić information content (AvgIpc) is 1.93. The largest absolute Gasteiger partial charge is 0.370 e. The molecule has 1 fully saturated rings. The Labute approximate surface area is 87.2 Å². The Kier molecular flexibility index (Phi) is 3.23. The van der Waals surface area contributed by atoms with Crippen LogP contribution in [0.15, 0.2) is 0 Å². The van der Waals surface area contributed by atoms with Crippen molar-refractivity contribution in [3.8, 4) is 0 Å². The minimum absolute atomic E-state index is 0.142. The van der Waals surface area contributed by atoms with Crippen LogP contribution in [-0.4, -0.2) is 5.91 Å². The van der Waals surface area contributed by atoms with E-state index in [1.54, 1.807) is 0 Å². The summed E-state index contributed by atoms with van der Waals surface area (Å²) >= 11 is 0. The van der Waals surface area contributed by atoms with E-state index in [1.807, 2.05) is 0 Å². The van der Waals surface area contributed by atoms with E-state index in [9.17, 15) is 4.79 Å². The molecule has 0 aromatic carbocycles. The minimum Gasteiger partial charge on any atom is -0.370 e. The predicted molar refractivity (Wildman–Crippen MR) is 58.6 cm³/mol. The summed E-state index contributed by atoms with van der Waals surface area (Å²) in [5.74, 6) is 1.84. The third kappa shape index (κ3) is 1.94. The molecule has 0 aliphatic heterocycles. The predicted octanol–water partition coefficient (Wildman–Crippen LogP) is 2.57. The van der Waals surface area contributed by atoms with Gasteiger partial charge in [-0.1, -0.05) is 27.7 Å². The van der Waals surface area contributed by atoms with Gasteiger partial charge < -0.3 is 5.73 Å². The van der Waals surface area contributed by atoms with Gasteiger partial charge in [-0.05, 0) is 36.0 Å². The first-order valence-corrected chi connectivity index (χ1v) is 5.66. The molecule has 2 heteroatoms. The first-order valence-electron chi connectivity index (χ1n) is 5.66. The molecule has 14 heavy (non-hydrogen) atoms. The van der Waals surface area contributed by atoms with Crippen molar-refractivity contribution in [2.24, 2.45) is 28.9 Å². The second-order valence-electron chi connectivity index (χ2n) is 5.49. The van der Waals surface area contributed by atoms with E-state index in [1.165, 1.54) is 12.8 Å².